The van der Waals surface area contributed by atoms with Crippen molar-refractivity contribution in [3.8, 4) is 0 Å². The Labute approximate surface area is 170 Å². The van der Waals surface area contributed by atoms with Crippen LogP contribution in [0.25, 0.3) is 0 Å². The highest BCUT2D eigenvalue weighted by atomic mass is 32.1. The summed E-state index contributed by atoms with van der Waals surface area (Å²) in [6, 6.07) is 9.02. The Balaban J connectivity index is 1.88. The first-order valence-corrected chi connectivity index (χ1v) is 10.7. The van der Waals surface area contributed by atoms with Crippen LogP contribution < -0.4 is 5.32 Å². The van der Waals surface area contributed by atoms with Gasteiger partial charge in [-0.2, -0.15) is 0 Å². The molecule has 0 bridgehead atoms. The fraction of sp³-hybridized carbons (Fsp3) is 0.500. The largest absolute Gasteiger partial charge is 0.388 e. The van der Waals surface area contributed by atoms with Crippen molar-refractivity contribution in [2.24, 2.45) is 5.92 Å². The van der Waals surface area contributed by atoms with E-state index >= 15 is 0 Å². The Morgan fingerprint density at radius 2 is 2.07 bits per heavy atom. The molecule has 1 amide bonds. The van der Waals surface area contributed by atoms with Crippen LogP contribution in [0.3, 0.4) is 0 Å². The van der Waals surface area contributed by atoms with Crippen LogP contribution in [0.5, 0.6) is 0 Å². The molecule has 152 valence electrons. The van der Waals surface area contributed by atoms with E-state index in [0.717, 1.165) is 24.4 Å². The van der Waals surface area contributed by atoms with Gasteiger partial charge in [-0.3, -0.25) is 9.69 Å². The molecule has 2 heterocycles. The van der Waals surface area contributed by atoms with E-state index in [-0.39, 0.29) is 17.8 Å². The van der Waals surface area contributed by atoms with Crippen molar-refractivity contribution in [3.63, 3.8) is 0 Å². The van der Waals surface area contributed by atoms with Gasteiger partial charge in [0.1, 0.15) is 5.82 Å². The SMILES string of the molecule is CC(C)CCN1CCC(C)(O)C(NC(=O)c2ccc(F)cc2)C1c1cccs1. The number of hydrogen-bond donors (Lipinski definition) is 2. The third-order valence-corrected chi connectivity index (χ3v) is 6.45. The molecule has 0 aliphatic carbocycles. The maximum atomic E-state index is 13.2. The average molecular weight is 405 g/mol. The molecule has 1 saturated heterocycles. The molecule has 0 saturated carbocycles. The van der Waals surface area contributed by atoms with Gasteiger partial charge in [-0.1, -0.05) is 19.9 Å². The van der Waals surface area contributed by atoms with E-state index in [9.17, 15) is 14.3 Å². The maximum absolute atomic E-state index is 13.2. The highest BCUT2D eigenvalue weighted by molar-refractivity contribution is 7.10. The van der Waals surface area contributed by atoms with Gasteiger partial charge in [-0.05, 0) is 67.9 Å². The second kappa shape index (κ2) is 8.72. The van der Waals surface area contributed by atoms with Gasteiger partial charge < -0.3 is 10.4 Å². The van der Waals surface area contributed by atoms with Crippen LogP contribution in [-0.4, -0.2) is 40.6 Å². The first-order chi connectivity index (χ1) is 13.3. The van der Waals surface area contributed by atoms with Gasteiger partial charge in [0.2, 0.25) is 0 Å². The molecule has 4 nitrogen and oxygen atoms in total. The lowest BCUT2D eigenvalue weighted by Gasteiger charge is -2.49. The lowest BCUT2D eigenvalue weighted by molar-refractivity contribution is -0.0638. The predicted octanol–water partition coefficient (Wildman–Crippen LogP) is 4.23. The zero-order valence-electron chi connectivity index (χ0n) is 16.7. The second-order valence-corrected chi connectivity index (χ2v) is 9.22. The number of halogens is 1. The Morgan fingerprint density at radius 3 is 2.68 bits per heavy atom. The lowest BCUT2D eigenvalue weighted by Crippen LogP contribution is -2.62. The number of carbonyl (C=O) groups excluding carboxylic acids is 1. The van der Waals surface area contributed by atoms with Crippen LogP contribution in [0, 0.1) is 11.7 Å². The number of benzene rings is 1. The van der Waals surface area contributed by atoms with Crippen molar-refractivity contribution in [2.45, 2.75) is 51.3 Å². The van der Waals surface area contributed by atoms with Gasteiger partial charge in [0.05, 0.1) is 17.7 Å². The highest BCUT2D eigenvalue weighted by Gasteiger charge is 2.46. The van der Waals surface area contributed by atoms with Crippen LogP contribution in [0.2, 0.25) is 0 Å². The van der Waals surface area contributed by atoms with E-state index in [1.54, 1.807) is 18.3 Å². The molecule has 28 heavy (non-hydrogen) atoms. The number of amides is 1. The van der Waals surface area contributed by atoms with Crippen molar-refractivity contribution in [3.05, 3.63) is 58.0 Å². The minimum absolute atomic E-state index is 0.0908. The van der Waals surface area contributed by atoms with Crippen molar-refractivity contribution in [1.82, 2.24) is 10.2 Å². The number of nitrogens with zero attached hydrogens (tertiary/aromatic N) is 1. The minimum Gasteiger partial charge on any atom is -0.388 e. The Bertz CT molecular complexity index is 772. The number of rotatable bonds is 6. The van der Waals surface area contributed by atoms with Gasteiger partial charge in [-0.25, -0.2) is 4.39 Å². The van der Waals surface area contributed by atoms with Crippen molar-refractivity contribution >= 4 is 17.2 Å². The summed E-state index contributed by atoms with van der Waals surface area (Å²) in [6.07, 6.45) is 1.64. The zero-order valence-corrected chi connectivity index (χ0v) is 17.5. The molecule has 1 fully saturated rings. The van der Waals surface area contributed by atoms with E-state index in [4.69, 9.17) is 0 Å². The summed E-state index contributed by atoms with van der Waals surface area (Å²) in [5, 5.41) is 16.2. The van der Waals surface area contributed by atoms with E-state index in [1.807, 2.05) is 11.4 Å². The summed E-state index contributed by atoms with van der Waals surface area (Å²) in [5.41, 5.74) is -0.639. The molecule has 1 aromatic carbocycles. The van der Waals surface area contributed by atoms with E-state index in [1.165, 1.54) is 24.3 Å². The third-order valence-electron chi connectivity index (χ3n) is 5.51. The monoisotopic (exact) mass is 404 g/mol. The van der Waals surface area contributed by atoms with Gasteiger partial charge >= 0.3 is 0 Å². The third kappa shape index (κ3) is 4.80. The summed E-state index contributed by atoms with van der Waals surface area (Å²) < 4.78 is 13.2. The standard InChI is InChI=1S/C22H29FN2O2S/c1-15(2)10-12-25-13-11-22(3,27)20(19(25)18-5-4-14-28-18)24-21(26)16-6-8-17(23)9-7-16/h4-9,14-15,19-20,27H,10-13H2,1-3H3,(H,24,26). The van der Waals surface area contributed by atoms with Crippen LogP contribution in [0.1, 0.15) is 54.9 Å². The van der Waals surface area contributed by atoms with E-state index in [0.29, 0.717) is 17.9 Å². The fourth-order valence-corrected chi connectivity index (χ4v) is 4.65. The lowest BCUT2D eigenvalue weighted by atomic mass is 9.81. The molecule has 3 unspecified atom stereocenters. The number of piperidine rings is 1. The van der Waals surface area contributed by atoms with Crippen LogP contribution in [0.15, 0.2) is 41.8 Å². The van der Waals surface area contributed by atoms with Crippen molar-refractivity contribution in [1.29, 1.82) is 0 Å². The smallest absolute Gasteiger partial charge is 0.251 e. The molecule has 0 radical (unpaired) electrons. The van der Waals surface area contributed by atoms with Gasteiger partial charge in [0.25, 0.3) is 5.91 Å². The molecule has 1 aliphatic rings. The molecule has 1 aromatic heterocycles. The molecule has 0 spiro atoms. The van der Waals surface area contributed by atoms with E-state index in [2.05, 4.69) is 30.1 Å². The minimum atomic E-state index is -1.03. The van der Waals surface area contributed by atoms with Gasteiger partial charge in [0, 0.05) is 17.0 Å². The average Bonchev–Trinajstić information content (AvgIpc) is 3.16. The number of carbonyl (C=O) groups is 1. The zero-order chi connectivity index (χ0) is 20.3. The summed E-state index contributed by atoms with van der Waals surface area (Å²) in [4.78, 5) is 16.3. The summed E-state index contributed by atoms with van der Waals surface area (Å²) in [5.74, 6) is -0.0891. The number of hydrogen-bond acceptors (Lipinski definition) is 4. The molecule has 2 aromatic rings. The molecular formula is C22H29FN2O2S. The molecule has 6 heteroatoms. The quantitative estimate of drug-likeness (QED) is 0.758. The highest BCUT2D eigenvalue weighted by Crippen LogP contribution is 2.39. The van der Waals surface area contributed by atoms with Gasteiger partial charge in [-0.15, -0.1) is 11.3 Å². The number of nitrogens with one attached hydrogen (secondary N) is 1. The van der Waals surface area contributed by atoms with Gasteiger partial charge in [0.15, 0.2) is 0 Å². The summed E-state index contributed by atoms with van der Waals surface area (Å²) >= 11 is 1.64. The fourth-order valence-electron chi connectivity index (χ4n) is 3.75. The summed E-state index contributed by atoms with van der Waals surface area (Å²) in [7, 11) is 0. The molecule has 3 rings (SSSR count). The van der Waals surface area contributed by atoms with Crippen molar-refractivity contribution < 1.29 is 14.3 Å². The van der Waals surface area contributed by atoms with Crippen LogP contribution in [-0.2, 0) is 0 Å². The second-order valence-electron chi connectivity index (χ2n) is 8.24. The molecular weight excluding hydrogens is 375 g/mol. The number of thiophene rings is 1. The molecule has 3 atom stereocenters. The molecule has 1 aliphatic heterocycles. The normalized spacial score (nSPS) is 25.8. The number of aliphatic hydroxyl groups is 1. The topological polar surface area (TPSA) is 52.6 Å². The first kappa shape index (κ1) is 21.0. The van der Waals surface area contributed by atoms with Crippen LogP contribution in [0.4, 0.5) is 4.39 Å². The first-order valence-electron chi connectivity index (χ1n) is 9.84. The number of likely N-dealkylation sites (tertiary alicyclic amines) is 1. The predicted molar refractivity (Wildman–Crippen MR) is 111 cm³/mol. The summed E-state index contributed by atoms with van der Waals surface area (Å²) in [6.45, 7) is 7.90. The van der Waals surface area contributed by atoms with Crippen LogP contribution >= 0.6 is 11.3 Å². The Hall–Kier alpha value is -1.76. The molecule has 2 N–H and O–H groups in total. The Morgan fingerprint density at radius 1 is 1.36 bits per heavy atom. The van der Waals surface area contributed by atoms with Crippen molar-refractivity contribution in [2.75, 3.05) is 13.1 Å². The maximum Gasteiger partial charge on any atom is 0.251 e. The van der Waals surface area contributed by atoms with E-state index < -0.39 is 11.6 Å². The Kier molecular flexibility index (Phi) is 6.53.